The van der Waals surface area contributed by atoms with Crippen LogP contribution in [0.4, 0.5) is 19.0 Å². The fraction of sp³-hybridized carbons (Fsp3) is 0.619. The molecule has 0 aromatic carbocycles. The first-order chi connectivity index (χ1) is 13.6. The predicted octanol–water partition coefficient (Wildman–Crippen LogP) is 4.57. The summed E-state index contributed by atoms with van der Waals surface area (Å²) in [6.07, 6.45) is 0.0949. The monoisotopic (exact) mass is 407 g/mol. The van der Waals surface area contributed by atoms with Crippen molar-refractivity contribution in [3.05, 3.63) is 29.6 Å². The molecule has 29 heavy (non-hydrogen) atoms. The van der Waals surface area contributed by atoms with E-state index in [-0.39, 0.29) is 6.04 Å². The van der Waals surface area contributed by atoms with Gasteiger partial charge in [-0.15, -0.1) is 0 Å². The number of halogens is 3. The number of aromatic nitrogens is 3. The summed E-state index contributed by atoms with van der Waals surface area (Å²) in [5.41, 5.74) is 6.58. The Morgan fingerprint density at radius 3 is 2.45 bits per heavy atom. The Balaban J connectivity index is 1.68. The number of nitrogen functional groups attached to an aromatic ring is 1. The van der Waals surface area contributed by atoms with E-state index in [1.165, 1.54) is 19.0 Å². The Morgan fingerprint density at radius 1 is 1.24 bits per heavy atom. The summed E-state index contributed by atoms with van der Waals surface area (Å²) in [7, 11) is 4.25. The molecule has 0 bridgehead atoms. The number of rotatable bonds is 5. The molecule has 8 heteroatoms. The molecule has 2 saturated carbocycles. The van der Waals surface area contributed by atoms with Gasteiger partial charge in [-0.3, -0.25) is 4.68 Å². The minimum absolute atomic E-state index is 0.188. The van der Waals surface area contributed by atoms with Crippen LogP contribution >= 0.6 is 0 Å². The third-order valence-electron chi connectivity index (χ3n) is 6.78. The van der Waals surface area contributed by atoms with Gasteiger partial charge in [0.15, 0.2) is 0 Å². The minimum Gasteiger partial charge on any atom is -0.383 e. The van der Waals surface area contributed by atoms with Crippen LogP contribution in [0.1, 0.15) is 56.3 Å². The molecule has 2 fully saturated rings. The molecule has 0 amide bonds. The molecule has 2 heterocycles. The number of nitrogens with two attached hydrogens (primary N) is 1. The number of anilines is 1. The second-order valence-corrected chi connectivity index (χ2v) is 8.75. The van der Waals surface area contributed by atoms with Gasteiger partial charge in [-0.05, 0) is 64.3 Å². The van der Waals surface area contributed by atoms with Crippen LogP contribution < -0.4 is 5.73 Å². The van der Waals surface area contributed by atoms with Crippen LogP contribution in [-0.4, -0.2) is 39.8 Å². The second kappa shape index (κ2) is 7.00. The van der Waals surface area contributed by atoms with E-state index < -0.39 is 17.6 Å². The van der Waals surface area contributed by atoms with Crippen LogP contribution in [0.3, 0.4) is 0 Å². The lowest BCUT2D eigenvalue weighted by atomic mass is 10.0. The van der Waals surface area contributed by atoms with Gasteiger partial charge in [-0.25, -0.2) is 4.98 Å². The summed E-state index contributed by atoms with van der Waals surface area (Å²) in [5, 5.41) is 4.70. The summed E-state index contributed by atoms with van der Waals surface area (Å²) in [4.78, 5) is 6.07. The Bertz CT molecular complexity index is 892. The SMILES string of the molecule is CCC(C)n1nc(-c2cnc(N)c(C(F)(F)F)c2)cc1C1[C@H]2CC(N(C)C)C[C@@H]12. The Hall–Kier alpha value is -2.09. The van der Waals surface area contributed by atoms with Gasteiger partial charge in [0.25, 0.3) is 0 Å². The smallest absolute Gasteiger partial charge is 0.383 e. The maximum absolute atomic E-state index is 13.3. The molecule has 5 atom stereocenters. The fourth-order valence-electron chi connectivity index (χ4n) is 4.84. The first kappa shape index (κ1) is 20.2. The minimum atomic E-state index is -4.54. The van der Waals surface area contributed by atoms with E-state index >= 15 is 0 Å². The molecule has 2 aliphatic rings. The summed E-state index contributed by atoms with van der Waals surface area (Å²) in [5.74, 6) is 1.23. The zero-order valence-electron chi connectivity index (χ0n) is 17.2. The lowest BCUT2D eigenvalue weighted by molar-refractivity contribution is -0.137. The molecule has 2 aliphatic carbocycles. The third kappa shape index (κ3) is 3.52. The number of hydrogen-bond acceptors (Lipinski definition) is 4. The zero-order valence-corrected chi connectivity index (χ0v) is 17.2. The van der Waals surface area contributed by atoms with Gasteiger partial charge in [0.1, 0.15) is 5.82 Å². The molecular formula is C21H28F3N5. The van der Waals surface area contributed by atoms with Crippen molar-refractivity contribution in [2.75, 3.05) is 19.8 Å². The normalized spacial score (nSPS) is 27.3. The molecule has 2 N–H and O–H groups in total. The molecule has 3 unspecified atom stereocenters. The van der Waals surface area contributed by atoms with Gasteiger partial charge in [0.05, 0.1) is 11.3 Å². The highest BCUT2D eigenvalue weighted by Gasteiger charge is 2.58. The Kier molecular flexibility index (Phi) is 4.88. The molecule has 0 saturated heterocycles. The summed E-state index contributed by atoms with van der Waals surface area (Å²) >= 11 is 0. The maximum Gasteiger partial charge on any atom is 0.419 e. The number of fused-ring (bicyclic) bond motifs is 1. The van der Waals surface area contributed by atoms with E-state index in [2.05, 4.69) is 37.8 Å². The Labute approximate surface area is 169 Å². The molecule has 2 aromatic heterocycles. The fourth-order valence-corrected chi connectivity index (χ4v) is 4.84. The van der Waals surface area contributed by atoms with E-state index in [0.29, 0.717) is 35.1 Å². The largest absolute Gasteiger partial charge is 0.419 e. The van der Waals surface area contributed by atoms with Crippen molar-refractivity contribution in [1.82, 2.24) is 19.7 Å². The topological polar surface area (TPSA) is 60.0 Å². The highest BCUT2D eigenvalue weighted by Crippen LogP contribution is 2.64. The second-order valence-electron chi connectivity index (χ2n) is 8.75. The first-order valence-corrected chi connectivity index (χ1v) is 10.2. The van der Waals surface area contributed by atoms with Gasteiger partial charge >= 0.3 is 6.18 Å². The average Bonchev–Trinajstić information content (AvgIpc) is 3.01. The van der Waals surface area contributed by atoms with E-state index in [1.54, 1.807) is 0 Å². The van der Waals surface area contributed by atoms with E-state index in [4.69, 9.17) is 10.8 Å². The van der Waals surface area contributed by atoms with Crippen molar-refractivity contribution < 1.29 is 13.2 Å². The zero-order chi connectivity index (χ0) is 21.1. The van der Waals surface area contributed by atoms with Crippen LogP contribution in [0.2, 0.25) is 0 Å². The highest BCUT2D eigenvalue weighted by molar-refractivity contribution is 5.63. The van der Waals surface area contributed by atoms with Gasteiger partial charge in [-0.2, -0.15) is 18.3 Å². The van der Waals surface area contributed by atoms with E-state index in [0.717, 1.165) is 18.2 Å². The van der Waals surface area contributed by atoms with Crippen LogP contribution in [0.25, 0.3) is 11.3 Å². The lowest BCUT2D eigenvalue weighted by Gasteiger charge is -2.22. The van der Waals surface area contributed by atoms with Crippen LogP contribution in [0.5, 0.6) is 0 Å². The summed E-state index contributed by atoms with van der Waals surface area (Å²) in [6.45, 7) is 4.20. The van der Waals surface area contributed by atoms with Crippen LogP contribution in [0.15, 0.2) is 18.3 Å². The third-order valence-corrected chi connectivity index (χ3v) is 6.78. The molecule has 0 radical (unpaired) electrons. The quantitative estimate of drug-likeness (QED) is 0.789. The highest BCUT2D eigenvalue weighted by atomic mass is 19.4. The van der Waals surface area contributed by atoms with Crippen LogP contribution in [0, 0.1) is 11.8 Å². The van der Waals surface area contributed by atoms with Gasteiger partial charge < -0.3 is 10.6 Å². The summed E-state index contributed by atoms with van der Waals surface area (Å²) < 4.78 is 41.8. The van der Waals surface area contributed by atoms with Gasteiger partial charge in [-0.1, -0.05) is 6.92 Å². The van der Waals surface area contributed by atoms with Crippen LogP contribution in [-0.2, 0) is 6.18 Å². The number of alkyl halides is 3. The molecule has 4 rings (SSSR count). The molecule has 0 spiro atoms. The van der Waals surface area contributed by atoms with Crippen molar-refractivity contribution in [3.63, 3.8) is 0 Å². The molecular weight excluding hydrogens is 379 g/mol. The Morgan fingerprint density at radius 2 is 1.90 bits per heavy atom. The number of pyridine rings is 1. The standard InChI is InChI=1S/C21H28F3N5/c1-5-11(2)29-18(19-14-7-13(28(3)4)8-15(14)19)9-17(27-29)12-6-16(21(22,23)24)20(25)26-10-12/h6,9-11,13-15,19H,5,7-8H2,1-4H3,(H2,25,26)/t11?,13?,14-,15+,19?. The maximum atomic E-state index is 13.3. The number of nitrogens with zero attached hydrogens (tertiary/aromatic N) is 4. The number of hydrogen-bond donors (Lipinski definition) is 1. The van der Waals surface area contributed by atoms with Crippen molar-refractivity contribution in [1.29, 1.82) is 0 Å². The first-order valence-electron chi connectivity index (χ1n) is 10.2. The predicted molar refractivity (Wildman–Crippen MR) is 106 cm³/mol. The van der Waals surface area contributed by atoms with Crippen molar-refractivity contribution in [2.45, 2.75) is 57.3 Å². The van der Waals surface area contributed by atoms with Gasteiger partial charge in [0, 0.05) is 35.5 Å². The van der Waals surface area contributed by atoms with Crippen molar-refractivity contribution in [2.24, 2.45) is 11.8 Å². The van der Waals surface area contributed by atoms with E-state index in [9.17, 15) is 13.2 Å². The molecule has 158 valence electrons. The van der Waals surface area contributed by atoms with E-state index in [1.807, 2.05) is 10.7 Å². The van der Waals surface area contributed by atoms with Gasteiger partial charge in [0.2, 0.25) is 0 Å². The summed E-state index contributed by atoms with van der Waals surface area (Å²) in [6, 6.07) is 3.84. The average molecular weight is 407 g/mol. The van der Waals surface area contributed by atoms with Crippen molar-refractivity contribution >= 4 is 5.82 Å². The molecule has 2 aromatic rings. The lowest BCUT2D eigenvalue weighted by Crippen LogP contribution is -2.26. The molecule has 0 aliphatic heterocycles. The molecule has 5 nitrogen and oxygen atoms in total. The van der Waals surface area contributed by atoms with Crippen molar-refractivity contribution in [3.8, 4) is 11.3 Å².